The minimum atomic E-state index is 0.197. The molecule has 3 N–H and O–H groups in total. The number of rotatable bonds is 3. The number of hydrogen-bond donors (Lipinski definition) is 2. The number of nitrogens with zero attached hydrogens (tertiary/aromatic N) is 1. The summed E-state index contributed by atoms with van der Waals surface area (Å²) < 4.78 is 0. The number of benzene rings is 2. The van der Waals surface area contributed by atoms with Crippen molar-refractivity contribution in [2.45, 2.75) is 18.5 Å². The fraction of sp³-hybridized carbons (Fsp3) is 0.263. The molecule has 3 aromatic rings. The van der Waals surface area contributed by atoms with E-state index in [0.717, 1.165) is 19.6 Å². The van der Waals surface area contributed by atoms with Crippen molar-refractivity contribution >= 4 is 10.9 Å². The van der Waals surface area contributed by atoms with E-state index in [-0.39, 0.29) is 6.04 Å². The molecule has 3 heteroatoms. The molecule has 1 aromatic heterocycles. The first-order chi connectivity index (χ1) is 10.8. The molecule has 0 spiro atoms. The number of nitrogens with two attached hydrogens (primary N) is 1. The third kappa shape index (κ3) is 2.43. The quantitative estimate of drug-likeness (QED) is 0.779. The Morgan fingerprint density at radius 2 is 1.77 bits per heavy atom. The average molecular weight is 291 g/mol. The molecule has 1 aliphatic rings. The number of likely N-dealkylation sites (tertiary alicyclic amines) is 1. The number of hydrogen-bond acceptors (Lipinski definition) is 2. The molecular formula is C19H21N3. The summed E-state index contributed by atoms with van der Waals surface area (Å²) in [6.07, 6.45) is 2.14. The normalized spacial score (nSPS) is 22.4. The lowest BCUT2D eigenvalue weighted by atomic mass is 9.94. The van der Waals surface area contributed by atoms with E-state index in [0.29, 0.717) is 5.92 Å². The van der Waals surface area contributed by atoms with Crippen LogP contribution < -0.4 is 5.73 Å². The van der Waals surface area contributed by atoms with Gasteiger partial charge in [-0.2, -0.15) is 0 Å². The fourth-order valence-electron chi connectivity index (χ4n) is 3.61. The number of aromatic amines is 1. The third-order valence-electron chi connectivity index (χ3n) is 4.71. The van der Waals surface area contributed by atoms with Crippen LogP contribution in [-0.2, 0) is 6.54 Å². The molecule has 2 atom stereocenters. The van der Waals surface area contributed by atoms with Gasteiger partial charge in [-0.1, -0.05) is 48.5 Å². The lowest BCUT2D eigenvalue weighted by Gasteiger charge is -2.15. The van der Waals surface area contributed by atoms with Gasteiger partial charge in [0.15, 0.2) is 0 Å². The van der Waals surface area contributed by atoms with E-state index in [9.17, 15) is 0 Å². The molecule has 4 rings (SSSR count). The Morgan fingerprint density at radius 1 is 1.00 bits per heavy atom. The Labute approximate surface area is 130 Å². The smallest absolute Gasteiger partial charge is 0.0456 e. The van der Waals surface area contributed by atoms with E-state index in [2.05, 4.69) is 70.7 Å². The van der Waals surface area contributed by atoms with Gasteiger partial charge in [0.2, 0.25) is 0 Å². The number of para-hydroxylation sites is 1. The minimum Gasteiger partial charge on any atom is -0.361 e. The van der Waals surface area contributed by atoms with Gasteiger partial charge in [0, 0.05) is 48.7 Å². The number of nitrogens with one attached hydrogen (secondary N) is 1. The molecule has 0 bridgehead atoms. The van der Waals surface area contributed by atoms with E-state index < -0.39 is 0 Å². The highest BCUT2D eigenvalue weighted by molar-refractivity contribution is 5.83. The van der Waals surface area contributed by atoms with Crippen LogP contribution >= 0.6 is 0 Å². The van der Waals surface area contributed by atoms with E-state index >= 15 is 0 Å². The Morgan fingerprint density at radius 3 is 2.64 bits per heavy atom. The van der Waals surface area contributed by atoms with Crippen LogP contribution in [-0.4, -0.2) is 29.0 Å². The van der Waals surface area contributed by atoms with Crippen LogP contribution in [0.15, 0.2) is 60.8 Å². The van der Waals surface area contributed by atoms with E-state index in [1.807, 2.05) is 0 Å². The Balaban J connectivity index is 1.56. The predicted molar refractivity (Wildman–Crippen MR) is 90.7 cm³/mol. The van der Waals surface area contributed by atoms with Crippen molar-refractivity contribution in [2.75, 3.05) is 13.1 Å². The van der Waals surface area contributed by atoms with Gasteiger partial charge < -0.3 is 10.7 Å². The number of fused-ring (bicyclic) bond motifs is 1. The zero-order valence-electron chi connectivity index (χ0n) is 12.6. The van der Waals surface area contributed by atoms with Crippen molar-refractivity contribution in [2.24, 2.45) is 5.73 Å². The molecule has 2 unspecified atom stereocenters. The van der Waals surface area contributed by atoms with Crippen LogP contribution in [0.4, 0.5) is 0 Å². The summed E-state index contributed by atoms with van der Waals surface area (Å²) in [6, 6.07) is 19.3. The molecule has 0 amide bonds. The maximum absolute atomic E-state index is 6.45. The number of aromatic nitrogens is 1. The summed E-state index contributed by atoms with van der Waals surface area (Å²) in [5.41, 5.74) is 10.4. The van der Waals surface area contributed by atoms with E-state index in [1.54, 1.807) is 0 Å². The maximum Gasteiger partial charge on any atom is 0.0456 e. The van der Waals surface area contributed by atoms with Gasteiger partial charge in [0.05, 0.1) is 0 Å². The summed E-state index contributed by atoms with van der Waals surface area (Å²) in [6.45, 7) is 2.96. The summed E-state index contributed by atoms with van der Waals surface area (Å²) >= 11 is 0. The Kier molecular flexibility index (Phi) is 3.45. The molecule has 1 fully saturated rings. The van der Waals surface area contributed by atoms with Crippen molar-refractivity contribution < 1.29 is 0 Å². The third-order valence-corrected chi connectivity index (χ3v) is 4.71. The zero-order valence-corrected chi connectivity index (χ0v) is 12.6. The predicted octanol–water partition coefficient (Wildman–Crippen LogP) is 3.09. The summed E-state index contributed by atoms with van der Waals surface area (Å²) in [5.74, 6) is 0.403. The van der Waals surface area contributed by atoms with Crippen molar-refractivity contribution in [3.8, 4) is 0 Å². The number of H-pyrrole nitrogens is 1. The molecule has 1 aliphatic heterocycles. The van der Waals surface area contributed by atoms with Crippen molar-refractivity contribution in [3.05, 3.63) is 71.9 Å². The summed E-state index contributed by atoms with van der Waals surface area (Å²) in [5, 5.41) is 1.31. The van der Waals surface area contributed by atoms with Gasteiger partial charge >= 0.3 is 0 Å². The molecule has 22 heavy (non-hydrogen) atoms. The topological polar surface area (TPSA) is 45.0 Å². The maximum atomic E-state index is 6.45. The fourth-order valence-corrected chi connectivity index (χ4v) is 3.61. The monoisotopic (exact) mass is 291 g/mol. The molecule has 0 aliphatic carbocycles. The van der Waals surface area contributed by atoms with Gasteiger partial charge in [-0.15, -0.1) is 0 Å². The first-order valence-electron chi connectivity index (χ1n) is 7.89. The molecular weight excluding hydrogens is 270 g/mol. The summed E-state index contributed by atoms with van der Waals surface area (Å²) in [7, 11) is 0. The van der Waals surface area contributed by atoms with Crippen LogP contribution in [0, 0.1) is 0 Å². The largest absolute Gasteiger partial charge is 0.361 e. The molecule has 2 heterocycles. The van der Waals surface area contributed by atoms with Gasteiger partial charge in [0.25, 0.3) is 0 Å². The average Bonchev–Trinajstić information content (AvgIpc) is 3.11. The first kappa shape index (κ1) is 13.6. The van der Waals surface area contributed by atoms with Gasteiger partial charge in [-0.25, -0.2) is 0 Å². The second kappa shape index (κ2) is 5.59. The van der Waals surface area contributed by atoms with E-state index in [4.69, 9.17) is 5.73 Å². The molecule has 0 radical (unpaired) electrons. The van der Waals surface area contributed by atoms with Gasteiger partial charge in [-0.3, -0.25) is 4.90 Å². The summed E-state index contributed by atoms with van der Waals surface area (Å²) in [4.78, 5) is 5.84. The van der Waals surface area contributed by atoms with E-state index in [1.165, 1.54) is 22.0 Å². The SMILES string of the molecule is NC1CN(Cc2ccccc2)CC1c1c[nH]c2ccccc12. The zero-order chi connectivity index (χ0) is 14.9. The van der Waals surface area contributed by atoms with Crippen molar-refractivity contribution in [1.82, 2.24) is 9.88 Å². The minimum absolute atomic E-state index is 0.197. The van der Waals surface area contributed by atoms with Crippen molar-refractivity contribution in [1.29, 1.82) is 0 Å². The van der Waals surface area contributed by atoms with Crippen molar-refractivity contribution in [3.63, 3.8) is 0 Å². The second-order valence-electron chi connectivity index (χ2n) is 6.24. The van der Waals surface area contributed by atoms with Crippen LogP contribution in [0.25, 0.3) is 10.9 Å². The van der Waals surface area contributed by atoms with Gasteiger partial charge in [0.1, 0.15) is 0 Å². The molecule has 0 saturated carbocycles. The molecule has 112 valence electrons. The standard InChI is InChI=1S/C19H21N3/c20-18-13-22(11-14-6-2-1-3-7-14)12-17(18)16-10-21-19-9-5-4-8-15(16)19/h1-10,17-18,21H,11-13,20H2. The van der Waals surface area contributed by atoms with Crippen LogP contribution in [0.2, 0.25) is 0 Å². The second-order valence-corrected chi connectivity index (χ2v) is 6.24. The molecule has 2 aromatic carbocycles. The molecule has 1 saturated heterocycles. The first-order valence-corrected chi connectivity index (χ1v) is 7.89. The highest BCUT2D eigenvalue weighted by atomic mass is 15.2. The Bertz CT molecular complexity index is 762. The Hall–Kier alpha value is -2.10. The van der Waals surface area contributed by atoms with Crippen LogP contribution in [0.3, 0.4) is 0 Å². The van der Waals surface area contributed by atoms with Crippen LogP contribution in [0.1, 0.15) is 17.0 Å². The van der Waals surface area contributed by atoms with Crippen LogP contribution in [0.5, 0.6) is 0 Å². The van der Waals surface area contributed by atoms with Gasteiger partial charge in [-0.05, 0) is 17.2 Å². The highest BCUT2D eigenvalue weighted by Gasteiger charge is 2.32. The lowest BCUT2D eigenvalue weighted by molar-refractivity contribution is 0.324. The highest BCUT2D eigenvalue weighted by Crippen LogP contribution is 2.32. The molecule has 3 nitrogen and oxygen atoms in total. The lowest BCUT2D eigenvalue weighted by Crippen LogP contribution is -2.28.